The molecule has 2 saturated heterocycles. The first kappa shape index (κ1) is 18.1. The van der Waals surface area contributed by atoms with Crippen LogP contribution >= 0.6 is 11.8 Å². The summed E-state index contributed by atoms with van der Waals surface area (Å²) in [7, 11) is 0. The molecule has 3 heterocycles. The van der Waals surface area contributed by atoms with Gasteiger partial charge < -0.3 is 14.5 Å². The molecule has 1 aromatic heterocycles. The smallest absolute Gasteiger partial charge is 0.255 e. The topological polar surface area (TPSA) is 45.7 Å². The van der Waals surface area contributed by atoms with Crippen LogP contribution in [-0.4, -0.2) is 59.6 Å². The molecule has 0 bridgehead atoms. The van der Waals surface area contributed by atoms with Crippen molar-refractivity contribution in [2.24, 2.45) is 0 Å². The minimum absolute atomic E-state index is 0.00997. The summed E-state index contributed by atoms with van der Waals surface area (Å²) in [6, 6.07) is 10.1. The highest BCUT2D eigenvalue weighted by Crippen LogP contribution is 2.22. The van der Waals surface area contributed by atoms with E-state index < -0.39 is 0 Å². The normalized spacial score (nSPS) is 20.0. The number of piperazine rings is 1. The van der Waals surface area contributed by atoms with Crippen LogP contribution in [0.3, 0.4) is 0 Å². The van der Waals surface area contributed by atoms with E-state index in [4.69, 9.17) is 4.74 Å². The van der Waals surface area contributed by atoms with Crippen molar-refractivity contribution >= 4 is 23.4 Å². The highest BCUT2D eigenvalue weighted by atomic mass is 32.2. The number of carbonyl (C=O) groups excluding carboxylic acids is 1. The fraction of sp³-hybridized carbons (Fsp3) is 0.400. The van der Waals surface area contributed by atoms with E-state index in [1.54, 1.807) is 30.5 Å². The van der Waals surface area contributed by atoms with Gasteiger partial charge in [-0.25, -0.2) is 9.37 Å². The number of ether oxygens (including phenoxy) is 1. The molecule has 142 valence electrons. The van der Waals surface area contributed by atoms with Crippen molar-refractivity contribution < 1.29 is 13.9 Å². The van der Waals surface area contributed by atoms with Crippen LogP contribution in [-0.2, 0) is 0 Å². The van der Waals surface area contributed by atoms with E-state index in [1.807, 2.05) is 16.7 Å². The SMILES string of the molecule is O=C(c1ccc(OC2CCSC2)nc1)N1CCN(c2ccc(F)cc2)CC1. The molecule has 2 fully saturated rings. The molecular weight excluding hydrogens is 365 g/mol. The van der Waals surface area contributed by atoms with Gasteiger partial charge in [-0.3, -0.25) is 4.79 Å². The zero-order chi connectivity index (χ0) is 18.6. The van der Waals surface area contributed by atoms with Crippen LogP contribution in [0.5, 0.6) is 5.88 Å². The van der Waals surface area contributed by atoms with E-state index in [0.29, 0.717) is 24.5 Å². The van der Waals surface area contributed by atoms with Gasteiger partial charge >= 0.3 is 0 Å². The molecule has 5 nitrogen and oxygen atoms in total. The molecule has 0 radical (unpaired) electrons. The van der Waals surface area contributed by atoms with Gasteiger partial charge in [0, 0.05) is 49.9 Å². The first-order valence-corrected chi connectivity index (χ1v) is 10.3. The number of halogens is 1. The molecule has 1 aromatic carbocycles. The van der Waals surface area contributed by atoms with Crippen molar-refractivity contribution in [2.75, 3.05) is 42.6 Å². The van der Waals surface area contributed by atoms with Gasteiger partial charge in [-0.1, -0.05) is 0 Å². The third-order valence-corrected chi connectivity index (χ3v) is 6.05. The first-order chi connectivity index (χ1) is 13.2. The number of thioether (sulfide) groups is 1. The Kier molecular flexibility index (Phi) is 5.48. The van der Waals surface area contributed by atoms with Crippen LogP contribution in [0.25, 0.3) is 0 Å². The summed E-state index contributed by atoms with van der Waals surface area (Å²) in [5, 5.41) is 0. The fourth-order valence-electron chi connectivity index (χ4n) is 3.36. The van der Waals surface area contributed by atoms with Crippen LogP contribution in [0.1, 0.15) is 16.8 Å². The Hall–Kier alpha value is -2.28. The van der Waals surface area contributed by atoms with Gasteiger partial charge in [0.05, 0.1) is 5.56 Å². The van der Waals surface area contributed by atoms with Gasteiger partial charge in [0.15, 0.2) is 0 Å². The van der Waals surface area contributed by atoms with Crippen molar-refractivity contribution in [2.45, 2.75) is 12.5 Å². The molecule has 1 amide bonds. The number of carbonyl (C=O) groups is 1. The lowest BCUT2D eigenvalue weighted by Crippen LogP contribution is -2.48. The molecule has 4 rings (SSSR count). The molecule has 0 saturated carbocycles. The monoisotopic (exact) mass is 387 g/mol. The summed E-state index contributed by atoms with van der Waals surface area (Å²) >= 11 is 1.89. The second-order valence-corrected chi connectivity index (χ2v) is 7.89. The zero-order valence-corrected chi connectivity index (χ0v) is 15.8. The number of hydrogen-bond donors (Lipinski definition) is 0. The van der Waals surface area contributed by atoms with Crippen molar-refractivity contribution in [1.82, 2.24) is 9.88 Å². The fourth-order valence-corrected chi connectivity index (χ4v) is 4.45. The number of hydrogen-bond acceptors (Lipinski definition) is 5. The standard InChI is InChI=1S/C20H22FN3O2S/c21-16-2-4-17(5-3-16)23-8-10-24(11-9-23)20(25)15-1-6-19(22-13-15)26-18-7-12-27-14-18/h1-6,13,18H,7-12,14H2. The van der Waals surface area contributed by atoms with E-state index in [1.165, 1.54) is 12.1 Å². The van der Waals surface area contributed by atoms with Gasteiger partial charge in [-0.15, -0.1) is 0 Å². The highest BCUT2D eigenvalue weighted by Gasteiger charge is 2.23. The molecule has 2 aliphatic rings. The van der Waals surface area contributed by atoms with Crippen LogP contribution in [0.2, 0.25) is 0 Å². The number of pyridine rings is 1. The largest absolute Gasteiger partial charge is 0.473 e. The van der Waals surface area contributed by atoms with Crippen molar-refractivity contribution in [1.29, 1.82) is 0 Å². The second-order valence-electron chi connectivity index (χ2n) is 6.74. The third-order valence-electron chi connectivity index (χ3n) is 4.92. The summed E-state index contributed by atoms with van der Waals surface area (Å²) in [6.45, 7) is 2.72. The van der Waals surface area contributed by atoms with Gasteiger partial charge in [-0.2, -0.15) is 11.8 Å². The lowest BCUT2D eigenvalue weighted by Gasteiger charge is -2.36. The van der Waals surface area contributed by atoms with E-state index >= 15 is 0 Å². The molecule has 0 aliphatic carbocycles. The van der Waals surface area contributed by atoms with Gasteiger partial charge in [0.2, 0.25) is 5.88 Å². The minimum Gasteiger partial charge on any atom is -0.473 e. The van der Waals surface area contributed by atoms with Crippen LogP contribution in [0.4, 0.5) is 10.1 Å². The second kappa shape index (κ2) is 8.17. The maximum absolute atomic E-state index is 13.1. The predicted octanol–water partition coefficient (Wildman–Crippen LogP) is 3.07. The van der Waals surface area contributed by atoms with Gasteiger partial charge in [-0.05, 0) is 42.5 Å². The molecule has 7 heteroatoms. The summed E-state index contributed by atoms with van der Waals surface area (Å²) in [5.74, 6) is 2.47. The maximum atomic E-state index is 13.1. The molecule has 1 unspecified atom stereocenters. The maximum Gasteiger partial charge on any atom is 0.255 e. The minimum atomic E-state index is -0.237. The molecule has 2 aliphatic heterocycles. The van der Waals surface area contributed by atoms with Crippen LogP contribution in [0, 0.1) is 5.82 Å². The quantitative estimate of drug-likeness (QED) is 0.807. The molecule has 0 N–H and O–H groups in total. The molecule has 0 spiro atoms. The van der Waals surface area contributed by atoms with E-state index in [-0.39, 0.29) is 17.8 Å². The number of anilines is 1. The summed E-state index contributed by atoms with van der Waals surface area (Å²) < 4.78 is 18.9. The highest BCUT2D eigenvalue weighted by molar-refractivity contribution is 7.99. The van der Waals surface area contributed by atoms with E-state index in [2.05, 4.69) is 9.88 Å². The Morgan fingerprint density at radius 1 is 1.11 bits per heavy atom. The molecular formula is C20H22FN3O2S. The average Bonchev–Trinajstić information content (AvgIpc) is 3.22. The Labute approximate surface area is 162 Å². The number of nitrogens with zero attached hydrogens (tertiary/aromatic N) is 3. The Bertz CT molecular complexity index is 771. The van der Waals surface area contributed by atoms with Crippen LogP contribution in [0.15, 0.2) is 42.6 Å². The number of benzene rings is 1. The summed E-state index contributed by atoms with van der Waals surface area (Å²) in [4.78, 5) is 21.0. The third kappa shape index (κ3) is 4.35. The number of rotatable bonds is 4. The van der Waals surface area contributed by atoms with Gasteiger partial charge in [0.25, 0.3) is 5.91 Å². The Balaban J connectivity index is 1.32. The van der Waals surface area contributed by atoms with Crippen LogP contribution < -0.4 is 9.64 Å². The molecule has 2 aromatic rings. The lowest BCUT2D eigenvalue weighted by molar-refractivity contribution is 0.0746. The molecule has 1 atom stereocenters. The first-order valence-electron chi connectivity index (χ1n) is 9.19. The van der Waals surface area contributed by atoms with E-state index in [0.717, 1.165) is 36.7 Å². The number of amides is 1. The number of aromatic nitrogens is 1. The van der Waals surface area contributed by atoms with Crippen molar-refractivity contribution in [3.05, 3.63) is 54.0 Å². The summed E-state index contributed by atoms with van der Waals surface area (Å²) in [6.07, 6.45) is 2.88. The zero-order valence-electron chi connectivity index (χ0n) is 15.0. The Morgan fingerprint density at radius 2 is 1.89 bits per heavy atom. The van der Waals surface area contributed by atoms with Crippen molar-refractivity contribution in [3.63, 3.8) is 0 Å². The summed E-state index contributed by atoms with van der Waals surface area (Å²) in [5.41, 5.74) is 1.56. The van der Waals surface area contributed by atoms with Crippen molar-refractivity contribution in [3.8, 4) is 5.88 Å². The Morgan fingerprint density at radius 3 is 2.52 bits per heavy atom. The predicted molar refractivity (Wildman–Crippen MR) is 105 cm³/mol. The van der Waals surface area contributed by atoms with E-state index in [9.17, 15) is 9.18 Å². The lowest BCUT2D eigenvalue weighted by atomic mass is 10.2. The molecule has 27 heavy (non-hydrogen) atoms. The van der Waals surface area contributed by atoms with Gasteiger partial charge in [0.1, 0.15) is 11.9 Å². The average molecular weight is 387 g/mol.